The van der Waals surface area contributed by atoms with Gasteiger partial charge in [0.25, 0.3) is 11.7 Å². The number of rotatable bonds is 4. The Hall–Kier alpha value is -4.07. The molecule has 1 heterocycles. The summed E-state index contributed by atoms with van der Waals surface area (Å²) in [4.78, 5) is 27.1. The number of aliphatic hydroxyl groups excluding tert-OH is 1. The van der Waals surface area contributed by atoms with Gasteiger partial charge >= 0.3 is 6.18 Å². The number of benzene rings is 3. The van der Waals surface area contributed by atoms with E-state index in [1.807, 2.05) is 0 Å². The molecule has 0 spiro atoms. The largest absolute Gasteiger partial charge is 0.507 e. The number of nitrogens with zero attached hydrogens (tertiary/aromatic N) is 1. The lowest BCUT2D eigenvalue weighted by Crippen LogP contribution is -2.29. The molecule has 1 amide bonds. The van der Waals surface area contributed by atoms with Crippen molar-refractivity contribution in [2.75, 3.05) is 12.0 Å². The van der Waals surface area contributed by atoms with Gasteiger partial charge in [-0.05, 0) is 48.0 Å². The monoisotopic (exact) mass is 453 g/mol. The van der Waals surface area contributed by atoms with Crippen LogP contribution < -0.4 is 9.64 Å². The van der Waals surface area contributed by atoms with E-state index >= 15 is 0 Å². The van der Waals surface area contributed by atoms with Gasteiger partial charge in [0.2, 0.25) is 0 Å². The third-order valence-electron chi connectivity index (χ3n) is 5.37. The molecule has 0 radical (unpaired) electrons. The van der Waals surface area contributed by atoms with Gasteiger partial charge in [-0.2, -0.15) is 13.2 Å². The Morgan fingerprint density at radius 3 is 2.21 bits per heavy atom. The second kappa shape index (κ2) is 8.46. The molecule has 3 aromatic carbocycles. The molecule has 1 aliphatic heterocycles. The Kier molecular flexibility index (Phi) is 5.68. The summed E-state index contributed by atoms with van der Waals surface area (Å²) in [6, 6.07) is 17.6. The van der Waals surface area contributed by atoms with Gasteiger partial charge in [-0.15, -0.1) is 0 Å². The summed E-state index contributed by atoms with van der Waals surface area (Å²) in [6.45, 7) is 0. The minimum atomic E-state index is -4.63. The molecule has 1 N–H and O–H groups in total. The molecule has 1 aliphatic rings. The van der Waals surface area contributed by atoms with E-state index in [9.17, 15) is 27.9 Å². The van der Waals surface area contributed by atoms with Crippen LogP contribution >= 0.6 is 0 Å². The zero-order chi connectivity index (χ0) is 23.8. The summed E-state index contributed by atoms with van der Waals surface area (Å²) in [6.07, 6.45) is -4.63. The molecule has 1 atom stereocenters. The number of carbonyl (C=O) groups excluding carboxylic acids is 2. The quantitative estimate of drug-likeness (QED) is 0.329. The molecule has 5 nitrogen and oxygen atoms in total. The molecule has 0 saturated carbocycles. The van der Waals surface area contributed by atoms with E-state index in [1.54, 1.807) is 42.5 Å². The molecule has 1 saturated heterocycles. The molecular weight excluding hydrogens is 435 g/mol. The van der Waals surface area contributed by atoms with Gasteiger partial charge in [0.1, 0.15) is 11.5 Å². The topological polar surface area (TPSA) is 66.8 Å². The number of aliphatic hydroxyl groups is 1. The molecule has 0 aliphatic carbocycles. The number of ether oxygens (including phenoxy) is 1. The van der Waals surface area contributed by atoms with Crippen LogP contribution in [-0.2, 0) is 15.8 Å². The molecular formula is C25H18F3NO4. The first kappa shape index (κ1) is 22.1. The zero-order valence-corrected chi connectivity index (χ0v) is 17.3. The summed E-state index contributed by atoms with van der Waals surface area (Å²) >= 11 is 0. The first-order valence-corrected chi connectivity index (χ1v) is 9.90. The van der Waals surface area contributed by atoms with Crippen molar-refractivity contribution in [2.45, 2.75) is 12.2 Å². The fraction of sp³-hybridized carbons (Fsp3) is 0.120. The lowest BCUT2D eigenvalue weighted by Gasteiger charge is -2.26. The van der Waals surface area contributed by atoms with E-state index in [4.69, 9.17) is 4.74 Å². The Labute approximate surface area is 187 Å². The third-order valence-corrected chi connectivity index (χ3v) is 5.37. The van der Waals surface area contributed by atoms with Gasteiger partial charge < -0.3 is 9.84 Å². The van der Waals surface area contributed by atoms with E-state index < -0.39 is 35.2 Å². The lowest BCUT2D eigenvalue weighted by molar-refractivity contribution is -0.137. The van der Waals surface area contributed by atoms with Crippen molar-refractivity contribution in [1.29, 1.82) is 0 Å². The number of alkyl halides is 3. The number of carbonyl (C=O) groups is 2. The number of methoxy groups -OCH3 is 1. The van der Waals surface area contributed by atoms with Crippen LogP contribution in [0.25, 0.3) is 5.76 Å². The highest BCUT2D eigenvalue weighted by Crippen LogP contribution is 2.43. The van der Waals surface area contributed by atoms with Gasteiger partial charge in [-0.1, -0.05) is 36.4 Å². The van der Waals surface area contributed by atoms with Crippen LogP contribution in [-0.4, -0.2) is 23.9 Å². The summed E-state index contributed by atoms with van der Waals surface area (Å²) in [5, 5.41) is 11.0. The summed E-state index contributed by atoms with van der Waals surface area (Å²) in [5.41, 5.74) is -0.546. The van der Waals surface area contributed by atoms with Crippen LogP contribution in [0.1, 0.15) is 22.7 Å². The van der Waals surface area contributed by atoms with Crippen LogP contribution in [0, 0.1) is 0 Å². The average molecular weight is 453 g/mol. The number of hydrogen-bond acceptors (Lipinski definition) is 4. The van der Waals surface area contributed by atoms with Crippen LogP contribution in [0.3, 0.4) is 0 Å². The zero-order valence-electron chi connectivity index (χ0n) is 17.3. The summed E-state index contributed by atoms with van der Waals surface area (Å²) in [7, 11) is 1.48. The maximum Gasteiger partial charge on any atom is 0.416 e. The number of halogens is 3. The highest BCUT2D eigenvalue weighted by atomic mass is 19.4. The third kappa shape index (κ3) is 4.07. The van der Waals surface area contributed by atoms with Crippen molar-refractivity contribution in [2.24, 2.45) is 0 Å². The van der Waals surface area contributed by atoms with E-state index in [-0.39, 0.29) is 16.8 Å². The van der Waals surface area contributed by atoms with Crippen molar-refractivity contribution in [3.05, 3.63) is 101 Å². The minimum absolute atomic E-state index is 0.102. The van der Waals surface area contributed by atoms with Crippen molar-refractivity contribution >= 4 is 23.1 Å². The molecule has 4 rings (SSSR count). The maximum atomic E-state index is 13.3. The Morgan fingerprint density at radius 1 is 0.939 bits per heavy atom. The van der Waals surface area contributed by atoms with Crippen LogP contribution in [0.5, 0.6) is 5.75 Å². The Bertz CT molecular complexity index is 1230. The van der Waals surface area contributed by atoms with Crippen molar-refractivity contribution in [1.82, 2.24) is 0 Å². The van der Waals surface area contributed by atoms with E-state index in [0.29, 0.717) is 11.3 Å². The molecule has 1 fully saturated rings. The van der Waals surface area contributed by atoms with Gasteiger partial charge in [0.05, 0.1) is 24.3 Å². The van der Waals surface area contributed by atoms with Gasteiger partial charge in [0.15, 0.2) is 0 Å². The van der Waals surface area contributed by atoms with Crippen LogP contribution in [0.15, 0.2) is 84.4 Å². The number of anilines is 1. The predicted octanol–water partition coefficient (Wildman–Crippen LogP) is 5.34. The van der Waals surface area contributed by atoms with Crippen molar-refractivity contribution in [3.63, 3.8) is 0 Å². The SMILES string of the molecule is COc1ccc(/C(O)=C2\C(=O)C(=O)N(c3cccc(C(F)(F)F)c3)[C@H]2c2ccccc2)cc1. The van der Waals surface area contributed by atoms with Crippen molar-refractivity contribution in [3.8, 4) is 5.75 Å². The van der Waals surface area contributed by atoms with Gasteiger partial charge in [-0.25, -0.2) is 0 Å². The highest BCUT2D eigenvalue weighted by molar-refractivity contribution is 6.51. The number of ketones is 1. The molecule has 0 aromatic heterocycles. The molecule has 0 bridgehead atoms. The highest BCUT2D eigenvalue weighted by Gasteiger charge is 2.47. The standard InChI is InChI=1S/C25H18F3NO4/c1-33-19-12-10-16(11-13-19)22(30)20-21(15-6-3-2-4-7-15)29(24(32)23(20)31)18-9-5-8-17(14-18)25(26,27)28/h2-14,21,30H,1H3/b22-20+/t21-/m0/s1. The first-order chi connectivity index (χ1) is 15.7. The second-order valence-electron chi connectivity index (χ2n) is 7.36. The van der Waals surface area contributed by atoms with Gasteiger partial charge in [0, 0.05) is 11.3 Å². The lowest BCUT2D eigenvalue weighted by atomic mass is 9.95. The fourth-order valence-corrected chi connectivity index (χ4v) is 3.79. The molecule has 3 aromatic rings. The van der Waals surface area contributed by atoms with E-state index in [0.717, 1.165) is 17.0 Å². The molecule has 168 valence electrons. The first-order valence-electron chi connectivity index (χ1n) is 9.90. The van der Waals surface area contributed by atoms with Crippen LogP contribution in [0.4, 0.5) is 18.9 Å². The molecule has 8 heteroatoms. The average Bonchev–Trinajstić information content (AvgIpc) is 3.09. The van der Waals surface area contributed by atoms with E-state index in [1.165, 1.54) is 31.4 Å². The van der Waals surface area contributed by atoms with Crippen molar-refractivity contribution < 1.29 is 32.6 Å². The second-order valence-corrected chi connectivity index (χ2v) is 7.36. The molecule has 0 unspecified atom stereocenters. The number of amides is 1. The minimum Gasteiger partial charge on any atom is -0.507 e. The number of Topliss-reactive ketones (excluding diaryl/α,β-unsaturated/α-hetero) is 1. The Balaban J connectivity index is 1.91. The number of hydrogen-bond donors (Lipinski definition) is 1. The fourth-order valence-electron chi connectivity index (χ4n) is 3.79. The Morgan fingerprint density at radius 2 is 1.61 bits per heavy atom. The normalized spacial score (nSPS) is 17.9. The molecule has 33 heavy (non-hydrogen) atoms. The predicted molar refractivity (Wildman–Crippen MR) is 116 cm³/mol. The smallest absolute Gasteiger partial charge is 0.416 e. The van der Waals surface area contributed by atoms with E-state index in [2.05, 4.69) is 0 Å². The maximum absolute atomic E-state index is 13.3. The summed E-state index contributed by atoms with van der Waals surface area (Å²) in [5.74, 6) is -1.93. The van der Waals surface area contributed by atoms with Gasteiger partial charge in [-0.3, -0.25) is 14.5 Å². The summed E-state index contributed by atoms with van der Waals surface area (Å²) < 4.78 is 45.0. The van der Waals surface area contributed by atoms with Crippen LogP contribution in [0.2, 0.25) is 0 Å².